The van der Waals surface area contributed by atoms with E-state index in [1.807, 2.05) is 0 Å². The Morgan fingerprint density at radius 1 is 0.765 bits per heavy atom. The molecule has 1 aliphatic carbocycles. The molecule has 2 rings (SSSR count). The molecule has 0 radical (unpaired) electrons. The number of aryl methyl sites for hydroxylation is 1. The molecule has 94 valence electrons. The number of benzene rings is 1. The molecule has 4 atom stereocenters. The maximum absolute atomic E-state index is 2.46. The number of hydrogen-bond acceptors (Lipinski definition) is 0. The van der Waals surface area contributed by atoms with E-state index in [4.69, 9.17) is 0 Å². The Bertz CT molecular complexity index is 326. The van der Waals surface area contributed by atoms with Crippen molar-refractivity contribution < 1.29 is 0 Å². The number of hydrogen-bond donors (Lipinski definition) is 0. The van der Waals surface area contributed by atoms with Crippen molar-refractivity contribution in [1.82, 2.24) is 0 Å². The Kier molecular flexibility index (Phi) is 3.91. The molecule has 0 aromatic heterocycles. The van der Waals surface area contributed by atoms with E-state index < -0.39 is 0 Å². The zero-order chi connectivity index (χ0) is 12.4. The van der Waals surface area contributed by atoms with Crippen LogP contribution < -0.4 is 0 Å². The highest BCUT2D eigenvalue weighted by atomic mass is 14.5. The standard InChI is InChI=1S/C17H26/c1-12-13(2)15(4)17(14(12)3)11-10-16-8-6-5-7-9-16/h5-9,12-15,17H,10-11H2,1-4H3. The minimum Gasteiger partial charge on any atom is -0.0622 e. The lowest BCUT2D eigenvalue weighted by atomic mass is 9.84. The third-order valence-corrected chi connectivity index (χ3v) is 5.45. The SMILES string of the molecule is CC1C(C)C(C)C(CCc2ccccc2)C1C. The maximum atomic E-state index is 2.46. The average molecular weight is 230 g/mol. The molecule has 1 aromatic carbocycles. The molecule has 4 unspecified atom stereocenters. The third kappa shape index (κ3) is 2.56. The van der Waals surface area contributed by atoms with Crippen molar-refractivity contribution >= 4 is 0 Å². The van der Waals surface area contributed by atoms with Gasteiger partial charge in [-0.1, -0.05) is 58.0 Å². The first-order valence-electron chi connectivity index (χ1n) is 7.15. The Morgan fingerprint density at radius 2 is 1.29 bits per heavy atom. The van der Waals surface area contributed by atoms with E-state index in [0.29, 0.717) is 0 Å². The lowest BCUT2D eigenvalue weighted by Crippen LogP contribution is -2.13. The first kappa shape index (κ1) is 12.7. The van der Waals surface area contributed by atoms with Gasteiger partial charge in [-0.15, -0.1) is 0 Å². The molecule has 0 N–H and O–H groups in total. The Hall–Kier alpha value is -0.780. The molecule has 1 saturated carbocycles. The van der Waals surface area contributed by atoms with Crippen molar-refractivity contribution in [1.29, 1.82) is 0 Å². The number of rotatable bonds is 3. The van der Waals surface area contributed by atoms with Gasteiger partial charge in [-0.25, -0.2) is 0 Å². The fourth-order valence-corrected chi connectivity index (χ4v) is 3.72. The van der Waals surface area contributed by atoms with E-state index in [1.54, 1.807) is 0 Å². The topological polar surface area (TPSA) is 0 Å². The van der Waals surface area contributed by atoms with Crippen LogP contribution in [0.3, 0.4) is 0 Å². The molecule has 0 nitrogen and oxygen atoms in total. The van der Waals surface area contributed by atoms with Gasteiger partial charge in [-0.2, -0.15) is 0 Å². The molecule has 0 amide bonds. The van der Waals surface area contributed by atoms with Crippen molar-refractivity contribution in [2.45, 2.75) is 40.5 Å². The van der Waals surface area contributed by atoms with Crippen molar-refractivity contribution in [2.75, 3.05) is 0 Å². The summed E-state index contributed by atoms with van der Waals surface area (Å²) in [6, 6.07) is 10.9. The summed E-state index contributed by atoms with van der Waals surface area (Å²) in [6.45, 7) is 9.79. The van der Waals surface area contributed by atoms with Crippen LogP contribution in [-0.4, -0.2) is 0 Å². The van der Waals surface area contributed by atoms with E-state index in [0.717, 1.165) is 29.6 Å². The molecule has 0 spiro atoms. The molecule has 1 fully saturated rings. The fourth-order valence-electron chi connectivity index (χ4n) is 3.72. The second kappa shape index (κ2) is 5.25. The molecule has 0 heteroatoms. The average Bonchev–Trinajstić information content (AvgIpc) is 2.54. The highest BCUT2D eigenvalue weighted by molar-refractivity contribution is 5.14. The summed E-state index contributed by atoms with van der Waals surface area (Å²) in [5.41, 5.74) is 1.50. The van der Waals surface area contributed by atoms with E-state index in [-0.39, 0.29) is 0 Å². The summed E-state index contributed by atoms with van der Waals surface area (Å²) in [7, 11) is 0. The van der Waals surface area contributed by atoms with Crippen LogP contribution in [0.5, 0.6) is 0 Å². The van der Waals surface area contributed by atoms with Gasteiger partial charge < -0.3 is 0 Å². The van der Waals surface area contributed by atoms with Crippen LogP contribution in [0.1, 0.15) is 39.7 Å². The Morgan fingerprint density at radius 3 is 1.82 bits per heavy atom. The van der Waals surface area contributed by atoms with Crippen molar-refractivity contribution in [3.8, 4) is 0 Å². The van der Waals surface area contributed by atoms with Gasteiger partial charge >= 0.3 is 0 Å². The quantitative estimate of drug-likeness (QED) is 0.700. The van der Waals surface area contributed by atoms with Gasteiger partial charge in [0.05, 0.1) is 0 Å². The Balaban J connectivity index is 1.96. The maximum Gasteiger partial charge on any atom is -0.0276 e. The first-order valence-corrected chi connectivity index (χ1v) is 7.15. The first-order chi connectivity index (χ1) is 8.11. The van der Waals surface area contributed by atoms with E-state index in [9.17, 15) is 0 Å². The zero-order valence-electron chi connectivity index (χ0n) is 11.7. The van der Waals surface area contributed by atoms with Crippen LogP contribution in [0.2, 0.25) is 0 Å². The van der Waals surface area contributed by atoms with Gasteiger partial charge in [0.25, 0.3) is 0 Å². The zero-order valence-corrected chi connectivity index (χ0v) is 11.7. The molecule has 0 saturated heterocycles. The van der Waals surface area contributed by atoms with Gasteiger partial charge in [-0.05, 0) is 48.0 Å². The fraction of sp³-hybridized carbons (Fsp3) is 0.647. The third-order valence-electron chi connectivity index (χ3n) is 5.45. The largest absolute Gasteiger partial charge is 0.0622 e. The lowest BCUT2D eigenvalue weighted by Gasteiger charge is -2.21. The van der Waals surface area contributed by atoms with Crippen LogP contribution in [0.25, 0.3) is 0 Å². The minimum atomic E-state index is 0.892. The molecular formula is C17H26. The van der Waals surface area contributed by atoms with Crippen LogP contribution in [0.4, 0.5) is 0 Å². The summed E-state index contributed by atoms with van der Waals surface area (Å²) < 4.78 is 0. The van der Waals surface area contributed by atoms with Crippen LogP contribution in [0, 0.1) is 29.6 Å². The Labute approximate surface area is 106 Å². The molecule has 1 aliphatic rings. The van der Waals surface area contributed by atoms with E-state index >= 15 is 0 Å². The molecule has 0 heterocycles. The van der Waals surface area contributed by atoms with Gasteiger partial charge in [0.2, 0.25) is 0 Å². The molecule has 0 bridgehead atoms. The predicted octanol–water partition coefficient (Wildman–Crippen LogP) is 4.79. The molecule has 17 heavy (non-hydrogen) atoms. The highest BCUT2D eigenvalue weighted by Crippen LogP contribution is 2.47. The second-order valence-corrected chi connectivity index (χ2v) is 6.12. The van der Waals surface area contributed by atoms with E-state index in [2.05, 4.69) is 58.0 Å². The summed E-state index contributed by atoms with van der Waals surface area (Å²) in [5, 5.41) is 0. The van der Waals surface area contributed by atoms with Gasteiger partial charge in [-0.3, -0.25) is 0 Å². The smallest absolute Gasteiger partial charge is 0.0276 e. The molecule has 0 aliphatic heterocycles. The van der Waals surface area contributed by atoms with Crippen LogP contribution in [0.15, 0.2) is 30.3 Å². The van der Waals surface area contributed by atoms with Gasteiger partial charge in [0.15, 0.2) is 0 Å². The summed E-state index contributed by atoms with van der Waals surface area (Å²) in [5.74, 6) is 4.49. The molecular weight excluding hydrogens is 204 g/mol. The van der Waals surface area contributed by atoms with E-state index in [1.165, 1.54) is 18.4 Å². The normalized spacial score (nSPS) is 37.3. The minimum absolute atomic E-state index is 0.892. The summed E-state index contributed by atoms with van der Waals surface area (Å²) in [4.78, 5) is 0. The monoisotopic (exact) mass is 230 g/mol. The van der Waals surface area contributed by atoms with Crippen LogP contribution in [-0.2, 0) is 6.42 Å². The van der Waals surface area contributed by atoms with Crippen molar-refractivity contribution in [3.63, 3.8) is 0 Å². The molecule has 1 aromatic rings. The second-order valence-electron chi connectivity index (χ2n) is 6.12. The highest BCUT2D eigenvalue weighted by Gasteiger charge is 2.40. The summed E-state index contributed by atoms with van der Waals surface area (Å²) in [6.07, 6.45) is 2.61. The van der Waals surface area contributed by atoms with Gasteiger partial charge in [0, 0.05) is 0 Å². The van der Waals surface area contributed by atoms with Crippen molar-refractivity contribution in [3.05, 3.63) is 35.9 Å². The summed E-state index contributed by atoms with van der Waals surface area (Å²) >= 11 is 0. The van der Waals surface area contributed by atoms with Gasteiger partial charge in [0.1, 0.15) is 0 Å². The van der Waals surface area contributed by atoms with Crippen LogP contribution >= 0.6 is 0 Å². The predicted molar refractivity (Wildman–Crippen MR) is 74.9 cm³/mol. The van der Waals surface area contributed by atoms with Crippen molar-refractivity contribution in [2.24, 2.45) is 29.6 Å². The lowest BCUT2D eigenvalue weighted by molar-refractivity contribution is 0.300.